The minimum Gasteiger partial charge on any atom is -0.493 e. The van der Waals surface area contributed by atoms with E-state index in [0.717, 1.165) is 25.2 Å². The van der Waals surface area contributed by atoms with Gasteiger partial charge in [0, 0.05) is 18.3 Å². The zero-order valence-corrected chi connectivity index (χ0v) is 13.9. The first-order chi connectivity index (χ1) is 10.5. The van der Waals surface area contributed by atoms with Crippen LogP contribution in [0.3, 0.4) is 0 Å². The quantitative estimate of drug-likeness (QED) is 0.909. The van der Waals surface area contributed by atoms with Crippen LogP contribution >= 0.6 is 0 Å². The van der Waals surface area contributed by atoms with Crippen molar-refractivity contribution in [1.29, 1.82) is 0 Å². The largest absolute Gasteiger partial charge is 0.493 e. The third kappa shape index (κ3) is 3.91. The smallest absolute Gasteiger partial charge is 0.241 e. The number of nitrogens with one attached hydrogen (secondary N) is 1. The molecule has 122 valence electrons. The van der Waals surface area contributed by atoms with Gasteiger partial charge in [-0.1, -0.05) is 6.92 Å². The lowest BCUT2D eigenvalue weighted by molar-refractivity contribution is -0.121. The highest BCUT2D eigenvalue weighted by Gasteiger charge is 2.25. The predicted octanol–water partition coefficient (Wildman–Crippen LogP) is 2.76. The first-order valence-electron chi connectivity index (χ1n) is 7.82. The lowest BCUT2D eigenvalue weighted by Gasteiger charge is -2.34. The Bertz CT molecular complexity index is 519. The first kappa shape index (κ1) is 16.6. The molecule has 5 nitrogen and oxygen atoms in total. The van der Waals surface area contributed by atoms with Crippen LogP contribution in [-0.4, -0.2) is 44.2 Å². The number of benzene rings is 1. The number of ether oxygens (including phenoxy) is 2. The molecule has 1 aliphatic heterocycles. The van der Waals surface area contributed by atoms with Gasteiger partial charge in [0.1, 0.15) is 0 Å². The molecule has 5 heteroatoms. The van der Waals surface area contributed by atoms with Crippen LogP contribution in [0.4, 0.5) is 5.69 Å². The third-order valence-corrected chi connectivity index (χ3v) is 4.27. The predicted molar refractivity (Wildman–Crippen MR) is 87.6 cm³/mol. The molecule has 1 aromatic carbocycles. The Kier molecular flexibility index (Phi) is 5.66. The zero-order valence-electron chi connectivity index (χ0n) is 13.9. The summed E-state index contributed by atoms with van der Waals surface area (Å²) in [7, 11) is 3.18. The van der Waals surface area contributed by atoms with Crippen LogP contribution in [0.1, 0.15) is 26.7 Å². The monoisotopic (exact) mass is 306 g/mol. The molecule has 1 aromatic rings. The summed E-state index contributed by atoms with van der Waals surface area (Å²) in [6.07, 6.45) is 2.41. The van der Waals surface area contributed by atoms with E-state index in [1.165, 1.54) is 6.42 Å². The Morgan fingerprint density at radius 3 is 2.68 bits per heavy atom. The number of carbonyl (C=O) groups is 1. The van der Waals surface area contributed by atoms with E-state index < -0.39 is 0 Å². The molecule has 1 heterocycles. The zero-order chi connectivity index (χ0) is 16.1. The second-order valence-electron chi connectivity index (χ2n) is 5.98. The van der Waals surface area contributed by atoms with Crippen molar-refractivity contribution >= 4 is 11.6 Å². The van der Waals surface area contributed by atoms with Gasteiger partial charge in [-0.05, 0) is 44.4 Å². The summed E-state index contributed by atoms with van der Waals surface area (Å²) >= 11 is 0. The van der Waals surface area contributed by atoms with Crippen LogP contribution < -0.4 is 14.8 Å². The average molecular weight is 306 g/mol. The Morgan fingerprint density at radius 1 is 1.32 bits per heavy atom. The Hall–Kier alpha value is -1.75. The molecule has 0 bridgehead atoms. The summed E-state index contributed by atoms with van der Waals surface area (Å²) in [5.74, 6) is 1.93. The van der Waals surface area contributed by atoms with E-state index in [2.05, 4.69) is 17.1 Å². The van der Waals surface area contributed by atoms with Crippen LogP contribution in [0.2, 0.25) is 0 Å². The fraction of sp³-hybridized carbons (Fsp3) is 0.588. The fourth-order valence-electron chi connectivity index (χ4n) is 2.90. The van der Waals surface area contributed by atoms with Crippen molar-refractivity contribution in [3.8, 4) is 11.5 Å². The van der Waals surface area contributed by atoms with Gasteiger partial charge in [-0.15, -0.1) is 0 Å². The molecule has 2 atom stereocenters. The highest BCUT2D eigenvalue weighted by molar-refractivity contribution is 5.94. The second-order valence-corrected chi connectivity index (χ2v) is 5.98. The Morgan fingerprint density at radius 2 is 2.05 bits per heavy atom. The number of hydrogen-bond donors (Lipinski definition) is 1. The molecule has 1 N–H and O–H groups in total. The minimum atomic E-state index is -0.129. The van der Waals surface area contributed by atoms with Gasteiger partial charge in [0.2, 0.25) is 5.91 Å². The second kappa shape index (κ2) is 7.49. The van der Waals surface area contributed by atoms with E-state index in [0.29, 0.717) is 17.4 Å². The van der Waals surface area contributed by atoms with Gasteiger partial charge in [0.05, 0.1) is 20.3 Å². The summed E-state index contributed by atoms with van der Waals surface area (Å²) in [6, 6.07) is 5.27. The van der Waals surface area contributed by atoms with Crippen molar-refractivity contribution in [2.75, 3.05) is 32.6 Å². The molecule has 0 unspecified atom stereocenters. The molecule has 0 aromatic heterocycles. The minimum absolute atomic E-state index is 0.0151. The lowest BCUT2D eigenvalue weighted by atomic mass is 9.99. The van der Waals surface area contributed by atoms with Gasteiger partial charge < -0.3 is 14.8 Å². The summed E-state index contributed by atoms with van der Waals surface area (Å²) in [5.41, 5.74) is 0.722. The molecule has 22 heavy (non-hydrogen) atoms. The maximum atomic E-state index is 12.4. The summed E-state index contributed by atoms with van der Waals surface area (Å²) in [5, 5.41) is 2.96. The first-order valence-corrected chi connectivity index (χ1v) is 7.82. The number of hydrogen-bond acceptors (Lipinski definition) is 4. The average Bonchev–Trinajstić information content (AvgIpc) is 2.53. The molecular weight excluding hydrogens is 280 g/mol. The SMILES string of the molecule is COc1ccc(NC(=O)[C@H](C)N2CCC[C@@H](C)C2)cc1OC. The van der Waals surface area contributed by atoms with E-state index in [-0.39, 0.29) is 11.9 Å². The van der Waals surface area contributed by atoms with Crippen molar-refractivity contribution < 1.29 is 14.3 Å². The summed E-state index contributed by atoms with van der Waals surface area (Å²) in [6.45, 7) is 6.19. The van der Waals surface area contributed by atoms with Gasteiger partial charge in [0.15, 0.2) is 11.5 Å². The highest BCUT2D eigenvalue weighted by atomic mass is 16.5. The molecule has 0 saturated carbocycles. The molecule has 1 fully saturated rings. The molecule has 2 rings (SSSR count). The maximum Gasteiger partial charge on any atom is 0.241 e. The highest BCUT2D eigenvalue weighted by Crippen LogP contribution is 2.30. The van der Waals surface area contributed by atoms with Crippen LogP contribution in [0.15, 0.2) is 18.2 Å². The Balaban J connectivity index is 2.01. The number of amides is 1. The van der Waals surface area contributed by atoms with E-state index in [4.69, 9.17) is 9.47 Å². The van der Waals surface area contributed by atoms with Crippen LogP contribution in [0, 0.1) is 5.92 Å². The number of rotatable bonds is 5. The normalized spacial score (nSPS) is 20.3. The number of likely N-dealkylation sites (tertiary alicyclic amines) is 1. The van der Waals surface area contributed by atoms with Gasteiger partial charge in [-0.25, -0.2) is 0 Å². The number of anilines is 1. The van der Waals surface area contributed by atoms with Gasteiger partial charge in [-0.3, -0.25) is 9.69 Å². The standard InChI is InChI=1S/C17H26N2O3/c1-12-6-5-9-19(11-12)13(2)17(20)18-14-7-8-15(21-3)16(10-14)22-4/h7-8,10,12-13H,5-6,9,11H2,1-4H3,(H,18,20)/t12-,13+/m1/s1. The van der Waals surface area contributed by atoms with Crippen molar-refractivity contribution in [2.45, 2.75) is 32.7 Å². The van der Waals surface area contributed by atoms with Crippen molar-refractivity contribution in [3.05, 3.63) is 18.2 Å². The topological polar surface area (TPSA) is 50.8 Å². The van der Waals surface area contributed by atoms with Gasteiger partial charge in [-0.2, -0.15) is 0 Å². The number of piperidine rings is 1. The van der Waals surface area contributed by atoms with Gasteiger partial charge in [0.25, 0.3) is 0 Å². The van der Waals surface area contributed by atoms with E-state index >= 15 is 0 Å². The van der Waals surface area contributed by atoms with Crippen molar-refractivity contribution in [1.82, 2.24) is 4.90 Å². The number of methoxy groups -OCH3 is 2. The maximum absolute atomic E-state index is 12.4. The summed E-state index contributed by atoms with van der Waals surface area (Å²) < 4.78 is 10.5. The summed E-state index contributed by atoms with van der Waals surface area (Å²) in [4.78, 5) is 14.7. The molecule has 0 aliphatic carbocycles. The molecule has 1 saturated heterocycles. The van der Waals surface area contributed by atoms with Crippen LogP contribution in [-0.2, 0) is 4.79 Å². The number of nitrogens with zero attached hydrogens (tertiary/aromatic N) is 1. The van der Waals surface area contributed by atoms with E-state index in [1.807, 2.05) is 13.0 Å². The molecule has 0 radical (unpaired) electrons. The molecular formula is C17H26N2O3. The van der Waals surface area contributed by atoms with Gasteiger partial charge >= 0.3 is 0 Å². The Labute approximate surface area is 132 Å². The molecule has 1 amide bonds. The van der Waals surface area contributed by atoms with Crippen molar-refractivity contribution in [3.63, 3.8) is 0 Å². The van der Waals surface area contributed by atoms with Crippen LogP contribution in [0.5, 0.6) is 11.5 Å². The lowest BCUT2D eigenvalue weighted by Crippen LogP contribution is -2.46. The molecule has 0 spiro atoms. The number of carbonyl (C=O) groups excluding carboxylic acids is 1. The van der Waals surface area contributed by atoms with E-state index in [1.54, 1.807) is 26.4 Å². The molecule has 1 aliphatic rings. The van der Waals surface area contributed by atoms with E-state index in [9.17, 15) is 4.79 Å². The third-order valence-electron chi connectivity index (χ3n) is 4.27. The van der Waals surface area contributed by atoms with Crippen LogP contribution in [0.25, 0.3) is 0 Å². The van der Waals surface area contributed by atoms with Crippen molar-refractivity contribution in [2.24, 2.45) is 5.92 Å². The fourth-order valence-corrected chi connectivity index (χ4v) is 2.90.